The van der Waals surface area contributed by atoms with E-state index in [0.717, 1.165) is 55.3 Å². The van der Waals surface area contributed by atoms with Crippen LogP contribution in [0.5, 0.6) is 0 Å². The van der Waals surface area contributed by atoms with Crippen LogP contribution in [0.2, 0.25) is 0 Å². The number of aliphatic imine (C=N–C) groups is 1. The number of guanidine groups is 1. The normalized spacial score (nSPS) is 17.1. The number of nitrogens with zero attached hydrogens (tertiary/aromatic N) is 3. The fraction of sp³-hybridized carbons (Fsp3) is 0.706. The summed E-state index contributed by atoms with van der Waals surface area (Å²) in [6, 6.07) is 2.15. The number of ether oxygens (including phenoxy) is 1. The summed E-state index contributed by atoms with van der Waals surface area (Å²) in [7, 11) is 6.00. The highest BCUT2D eigenvalue weighted by Crippen LogP contribution is 2.34. The van der Waals surface area contributed by atoms with Crippen LogP contribution in [0.1, 0.15) is 25.5 Å². The molecular weight excluding hydrogens is 515 g/mol. The Bertz CT molecular complexity index is 555. The van der Waals surface area contributed by atoms with Crippen LogP contribution in [0.4, 0.5) is 0 Å². The Morgan fingerprint density at radius 3 is 2.68 bits per heavy atom. The summed E-state index contributed by atoms with van der Waals surface area (Å²) < 4.78 is 9.07. The smallest absolute Gasteiger partial charge is 0.193 e. The summed E-state index contributed by atoms with van der Waals surface area (Å²) in [4.78, 5) is 6.64. The largest absolute Gasteiger partial charge is 0.381 e. The van der Waals surface area contributed by atoms with Gasteiger partial charge >= 0.3 is 0 Å². The molecule has 0 amide bonds. The number of hydrogen-bond donors (Lipinski definition) is 1. The highest BCUT2D eigenvalue weighted by Gasteiger charge is 2.33. The zero-order chi connectivity index (χ0) is 17.6. The van der Waals surface area contributed by atoms with Gasteiger partial charge in [0.25, 0.3) is 0 Å². The number of aryl methyl sites for hydroxylation is 1. The molecule has 1 fully saturated rings. The molecule has 25 heavy (non-hydrogen) atoms. The van der Waals surface area contributed by atoms with Crippen molar-refractivity contribution in [1.82, 2.24) is 14.8 Å². The van der Waals surface area contributed by atoms with Crippen molar-refractivity contribution >= 4 is 57.6 Å². The molecule has 0 unspecified atom stereocenters. The van der Waals surface area contributed by atoms with Crippen LogP contribution >= 0.6 is 51.7 Å². The van der Waals surface area contributed by atoms with Crippen molar-refractivity contribution in [2.24, 2.45) is 12.0 Å². The van der Waals surface area contributed by atoms with E-state index in [1.807, 2.05) is 18.8 Å². The molecule has 5 nitrogen and oxygen atoms in total. The zero-order valence-corrected chi connectivity index (χ0v) is 20.3. The van der Waals surface area contributed by atoms with Gasteiger partial charge in [0, 0.05) is 62.0 Å². The van der Waals surface area contributed by atoms with Gasteiger partial charge in [-0.05, 0) is 40.6 Å². The molecule has 0 saturated carbocycles. The summed E-state index contributed by atoms with van der Waals surface area (Å²) >= 11 is 5.58. The van der Waals surface area contributed by atoms with Crippen LogP contribution in [0, 0.1) is 0 Å². The lowest BCUT2D eigenvalue weighted by atomic mass is 9.99. The van der Waals surface area contributed by atoms with Gasteiger partial charge in [0.2, 0.25) is 0 Å². The summed E-state index contributed by atoms with van der Waals surface area (Å²) in [5.41, 5.74) is 1.25. The predicted molar refractivity (Wildman–Crippen MR) is 122 cm³/mol. The van der Waals surface area contributed by atoms with E-state index in [1.54, 1.807) is 0 Å². The van der Waals surface area contributed by atoms with Gasteiger partial charge in [-0.3, -0.25) is 4.99 Å². The van der Waals surface area contributed by atoms with Crippen LogP contribution in [0.3, 0.4) is 0 Å². The molecule has 1 aliphatic rings. The molecule has 0 spiro atoms. The minimum Gasteiger partial charge on any atom is -0.381 e. The Labute approximate surface area is 181 Å². The molecule has 2 rings (SSSR count). The Balaban J connectivity index is 0.00000312. The van der Waals surface area contributed by atoms with Crippen LogP contribution in [-0.4, -0.2) is 59.8 Å². The van der Waals surface area contributed by atoms with E-state index in [4.69, 9.17) is 4.74 Å². The van der Waals surface area contributed by atoms with E-state index >= 15 is 0 Å². The van der Waals surface area contributed by atoms with E-state index in [9.17, 15) is 0 Å². The first-order valence-electron chi connectivity index (χ1n) is 8.44. The van der Waals surface area contributed by atoms with Crippen molar-refractivity contribution in [3.05, 3.63) is 22.4 Å². The molecule has 1 aromatic heterocycles. The second-order valence-corrected chi connectivity index (χ2v) is 8.89. The van der Waals surface area contributed by atoms with Gasteiger partial charge in [-0.1, -0.05) is 6.92 Å². The summed E-state index contributed by atoms with van der Waals surface area (Å²) in [5.74, 6) is 2.07. The van der Waals surface area contributed by atoms with Gasteiger partial charge in [0.05, 0.1) is 6.54 Å². The van der Waals surface area contributed by atoms with Gasteiger partial charge in [0.15, 0.2) is 5.96 Å². The first kappa shape index (κ1) is 23.1. The summed E-state index contributed by atoms with van der Waals surface area (Å²) in [6.45, 7) is 5.71. The second-order valence-electron chi connectivity index (χ2n) is 6.25. The van der Waals surface area contributed by atoms with E-state index in [1.165, 1.54) is 5.69 Å². The third-order valence-electron chi connectivity index (χ3n) is 4.47. The molecule has 0 atom stereocenters. The van der Waals surface area contributed by atoms with Gasteiger partial charge < -0.3 is 19.5 Å². The average Bonchev–Trinajstić information content (AvgIpc) is 2.86. The summed E-state index contributed by atoms with van der Waals surface area (Å²) in [5, 5.41) is 3.59. The molecule has 1 saturated heterocycles. The molecule has 8 heteroatoms. The Morgan fingerprint density at radius 2 is 2.16 bits per heavy atom. The third kappa shape index (κ3) is 6.62. The number of hydrogen-bond acceptors (Lipinski definition) is 3. The molecule has 0 aliphatic carbocycles. The standard InChI is InChI=1S/C17H29BrN4OS.HI/c1-5-24-17(6-8-23-9-7-17)13-20-16(19-2)22(4)12-15-10-14(18)11-21(15)3;/h10-11H,5-9,12-13H2,1-4H3,(H,19,20);1H. The van der Waals surface area contributed by atoms with Gasteiger partial charge in [-0.25, -0.2) is 0 Å². The number of aromatic nitrogens is 1. The molecule has 2 heterocycles. The lowest BCUT2D eigenvalue weighted by Crippen LogP contribution is -2.48. The molecule has 0 aromatic carbocycles. The van der Waals surface area contributed by atoms with Gasteiger partial charge in [-0.15, -0.1) is 24.0 Å². The van der Waals surface area contributed by atoms with Crippen LogP contribution < -0.4 is 5.32 Å². The van der Waals surface area contributed by atoms with Crippen LogP contribution in [0.25, 0.3) is 0 Å². The van der Waals surface area contributed by atoms with Crippen molar-refractivity contribution in [1.29, 1.82) is 0 Å². The first-order valence-corrected chi connectivity index (χ1v) is 10.2. The quantitative estimate of drug-likeness (QED) is 0.337. The maximum atomic E-state index is 5.56. The van der Waals surface area contributed by atoms with Crippen molar-refractivity contribution in [3.63, 3.8) is 0 Å². The fourth-order valence-corrected chi connectivity index (χ4v) is 4.90. The zero-order valence-electron chi connectivity index (χ0n) is 15.5. The van der Waals surface area contributed by atoms with E-state index in [0.29, 0.717) is 0 Å². The highest BCUT2D eigenvalue weighted by atomic mass is 127. The number of thioether (sulfide) groups is 1. The minimum absolute atomic E-state index is 0. The van der Waals surface area contributed by atoms with Crippen LogP contribution in [0.15, 0.2) is 21.7 Å². The molecule has 1 aliphatic heterocycles. The van der Waals surface area contributed by atoms with Crippen molar-refractivity contribution < 1.29 is 4.74 Å². The van der Waals surface area contributed by atoms with E-state index in [-0.39, 0.29) is 28.7 Å². The topological polar surface area (TPSA) is 41.8 Å². The molecule has 0 bridgehead atoms. The SMILES string of the molecule is CCSC1(CNC(=NC)N(C)Cc2cc(Br)cn2C)CCOCC1.I. The molecular formula is C17H30BrIN4OS. The van der Waals surface area contributed by atoms with Crippen molar-refractivity contribution in [2.75, 3.05) is 39.6 Å². The van der Waals surface area contributed by atoms with Crippen molar-refractivity contribution in [3.8, 4) is 0 Å². The molecule has 144 valence electrons. The van der Waals surface area contributed by atoms with E-state index < -0.39 is 0 Å². The highest BCUT2D eigenvalue weighted by molar-refractivity contribution is 14.0. The number of rotatable bonds is 6. The predicted octanol–water partition coefficient (Wildman–Crippen LogP) is 3.72. The fourth-order valence-electron chi connectivity index (χ4n) is 3.09. The Kier molecular flexibility index (Phi) is 10.2. The van der Waals surface area contributed by atoms with Gasteiger partial charge in [0.1, 0.15) is 0 Å². The molecule has 0 radical (unpaired) electrons. The maximum absolute atomic E-state index is 5.56. The van der Waals surface area contributed by atoms with Crippen LogP contribution in [-0.2, 0) is 18.3 Å². The Hall–Kier alpha value is 0.0700. The maximum Gasteiger partial charge on any atom is 0.193 e. The second kappa shape index (κ2) is 11.0. The lowest BCUT2D eigenvalue weighted by Gasteiger charge is -2.37. The number of halogens is 2. The first-order chi connectivity index (χ1) is 11.5. The lowest BCUT2D eigenvalue weighted by molar-refractivity contribution is 0.0780. The van der Waals surface area contributed by atoms with Gasteiger partial charge in [-0.2, -0.15) is 11.8 Å². The molecule has 1 aromatic rings. The third-order valence-corrected chi connectivity index (χ3v) is 6.36. The Morgan fingerprint density at radius 1 is 1.48 bits per heavy atom. The monoisotopic (exact) mass is 544 g/mol. The minimum atomic E-state index is 0. The average molecular weight is 545 g/mol. The number of nitrogens with one attached hydrogen (secondary N) is 1. The van der Waals surface area contributed by atoms with E-state index in [2.05, 4.69) is 69.0 Å². The summed E-state index contributed by atoms with van der Waals surface area (Å²) in [6.07, 6.45) is 4.28. The molecule has 1 N–H and O–H groups in total. The van der Waals surface area contributed by atoms with Crippen molar-refractivity contribution in [2.45, 2.75) is 31.1 Å².